The van der Waals surface area contributed by atoms with Crippen LogP contribution in [0.4, 0.5) is 0 Å². The SMILES string of the molecule is CC(C)NC1(C#N)CCC(N2CCOCC2(C)C)C1. The molecule has 2 atom stereocenters. The van der Waals surface area contributed by atoms with Crippen molar-refractivity contribution in [2.75, 3.05) is 19.8 Å². The molecule has 1 saturated heterocycles. The van der Waals surface area contributed by atoms with Gasteiger partial charge in [-0.15, -0.1) is 0 Å². The van der Waals surface area contributed by atoms with Crippen LogP contribution in [0.25, 0.3) is 0 Å². The normalized spacial score (nSPS) is 35.5. The summed E-state index contributed by atoms with van der Waals surface area (Å²) in [5, 5.41) is 13.0. The van der Waals surface area contributed by atoms with Gasteiger partial charge in [0, 0.05) is 24.2 Å². The first-order valence-corrected chi connectivity index (χ1v) is 7.42. The molecule has 0 aromatic rings. The summed E-state index contributed by atoms with van der Waals surface area (Å²) in [5.41, 5.74) is -0.237. The first-order valence-electron chi connectivity index (χ1n) is 7.42. The molecule has 0 amide bonds. The van der Waals surface area contributed by atoms with E-state index in [1.165, 1.54) is 0 Å². The molecule has 1 heterocycles. The molecule has 2 rings (SSSR count). The zero-order valence-corrected chi connectivity index (χ0v) is 12.7. The molecule has 1 aliphatic carbocycles. The van der Waals surface area contributed by atoms with Gasteiger partial charge in [0.05, 0.1) is 19.3 Å². The summed E-state index contributed by atoms with van der Waals surface area (Å²) < 4.78 is 5.60. The number of morpholine rings is 1. The van der Waals surface area contributed by atoms with Gasteiger partial charge in [-0.1, -0.05) is 0 Å². The fraction of sp³-hybridized carbons (Fsp3) is 0.933. The summed E-state index contributed by atoms with van der Waals surface area (Å²) in [5.74, 6) is 0. The van der Waals surface area contributed by atoms with Crippen molar-refractivity contribution in [3.05, 3.63) is 0 Å². The third kappa shape index (κ3) is 3.10. The van der Waals surface area contributed by atoms with Crippen LogP contribution in [0.3, 0.4) is 0 Å². The lowest BCUT2D eigenvalue weighted by Gasteiger charge is -2.46. The minimum Gasteiger partial charge on any atom is -0.378 e. The molecule has 2 unspecified atom stereocenters. The molecule has 0 spiro atoms. The van der Waals surface area contributed by atoms with Crippen LogP contribution in [0.5, 0.6) is 0 Å². The molecule has 2 aliphatic rings. The molecule has 0 aromatic heterocycles. The lowest BCUT2D eigenvalue weighted by Crippen LogP contribution is -2.57. The highest BCUT2D eigenvalue weighted by Gasteiger charge is 2.45. The van der Waals surface area contributed by atoms with Crippen LogP contribution in [0.15, 0.2) is 0 Å². The van der Waals surface area contributed by atoms with Crippen LogP contribution >= 0.6 is 0 Å². The Bertz CT molecular complexity index is 361. The number of ether oxygens (including phenoxy) is 1. The van der Waals surface area contributed by atoms with Crippen molar-refractivity contribution in [2.24, 2.45) is 0 Å². The number of hydrogen-bond acceptors (Lipinski definition) is 4. The zero-order valence-electron chi connectivity index (χ0n) is 12.7. The number of nitrogens with one attached hydrogen (secondary N) is 1. The van der Waals surface area contributed by atoms with Gasteiger partial charge in [-0.25, -0.2) is 0 Å². The van der Waals surface area contributed by atoms with Gasteiger partial charge in [-0.2, -0.15) is 5.26 Å². The van der Waals surface area contributed by atoms with Gasteiger partial charge in [0.2, 0.25) is 0 Å². The van der Waals surface area contributed by atoms with Crippen LogP contribution in [-0.4, -0.2) is 47.8 Å². The van der Waals surface area contributed by atoms with E-state index in [0.29, 0.717) is 12.1 Å². The maximum atomic E-state index is 9.56. The Morgan fingerprint density at radius 1 is 1.42 bits per heavy atom. The van der Waals surface area contributed by atoms with Crippen molar-refractivity contribution in [1.82, 2.24) is 10.2 Å². The van der Waals surface area contributed by atoms with Crippen molar-refractivity contribution < 1.29 is 4.74 Å². The lowest BCUT2D eigenvalue weighted by atomic mass is 9.95. The van der Waals surface area contributed by atoms with E-state index in [9.17, 15) is 5.26 Å². The molecule has 4 heteroatoms. The Morgan fingerprint density at radius 3 is 2.74 bits per heavy atom. The average molecular weight is 265 g/mol. The van der Waals surface area contributed by atoms with E-state index in [0.717, 1.165) is 39.0 Å². The summed E-state index contributed by atoms with van der Waals surface area (Å²) >= 11 is 0. The average Bonchev–Trinajstić information content (AvgIpc) is 2.72. The molecule has 0 radical (unpaired) electrons. The molecule has 19 heavy (non-hydrogen) atoms. The quantitative estimate of drug-likeness (QED) is 0.847. The summed E-state index contributed by atoms with van der Waals surface area (Å²) in [6.45, 7) is 11.3. The molecular weight excluding hydrogens is 238 g/mol. The molecule has 1 N–H and O–H groups in total. The van der Waals surface area contributed by atoms with Crippen molar-refractivity contribution in [2.45, 2.75) is 70.1 Å². The van der Waals surface area contributed by atoms with Gasteiger partial charge in [-0.3, -0.25) is 10.2 Å². The van der Waals surface area contributed by atoms with Crippen LogP contribution in [0.1, 0.15) is 47.0 Å². The van der Waals surface area contributed by atoms with Crippen molar-refractivity contribution in [3.63, 3.8) is 0 Å². The number of nitrogens with zero attached hydrogens (tertiary/aromatic N) is 2. The van der Waals surface area contributed by atoms with Gasteiger partial charge in [0.25, 0.3) is 0 Å². The minimum atomic E-state index is -0.326. The fourth-order valence-corrected chi connectivity index (χ4v) is 3.65. The number of hydrogen-bond donors (Lipinski definition) is 1. The van der Waals surface area contributed by atoms with E-state index >= 15 is 0 Å². The van der Waals surface area contributed by atoms with Gasteiger partial charge in [0.1, 0.15) is 5.54 Å². The van der Waals surface area contributed by atoms with Crippen molar-refractivity contribution >= 4 is 0 Å². The first-order chi connectivity index (χ1) is 8.88. The van der Waals surface area contributed by atoms with E-state index < -0.39 is 0 Å². The number of rotatable bonds is 3. The molecule has 1 saturated carbocycles. The molecular formula is C15H27N3O. The van der Waals surface area contributed by atoms with Crippen molar-refractivity contribution in [1.29, 1.82) is 5.26 Å². The predicted molar refractivity (Wildman–Crippen MR) is 75.9 cm³/mol. The Kier molecular flexibility index (Phi) is 4.20. The molecule has 0 bridgehead atoms. The van der Waals surface area contributed by atoms with E-state index in [1.807, 2.05) is 0 Å². The van der Waals surface area contributed by atoms with Crippen LogP contribution in [0, 0.1) is 11.3 Å². The van der Waals surface area contributed by atoms with Gasteiger partial charge < -0.3 is 4.74 Å². The summed E-state index contributed by atoms with van der Waals surface area (Å²) in [6.07, 6.45) is 3.00. The Labute approximate surface area is 117 Å². The fourth-order valence-electron chi connectivity index (χ4n) is 3.65. The monoisotopic (exact) mass is 265 g/mol. The Hall–Kier alpha value is -0.630. The topological polar surface area (TPSA) is 48.3 Å². The standard InChI is InChI=1S/C15H27N3O/c1-12(2)17-15(10-16)6-5-13(9-15)18-7-8-19-11-14(18,3)4/h12-13,17H,5-9,11H2,1-4H3. The third-order valence-electron chi connectivity index (χ3n) is 4.42. The highest BCUT2D eigenvalue weighted by atomic mass is 16.5. The van der Waals surface area contributed by atoms with Gasteiger partial charge in [0.15, 0.2) is 0 Å². The van der Waals surface area contributed by atoms with E-state index in [2.05, 4.69) is 44.0 Å². The summed E-state index contributed by atoms with van der Waals surface area (Å²) in [7, 11) is 0. The second-order valence-corrected chi connectivity index (χ2v) is 6.95. The maximum absolute atomic E-state index is 9.56. The predicted octanol–water partition coefficient (Wildman–Crippen LogP) is 1.91. The molecule has 0 aromatic carbocycles. The van der Waals surface area contributed by atoms with Crippen LogP contribution in [0.2, 0.25) is 0 Å². The Balaban J connectivity index is 2.06. The molecule has 2 fully saturated rings. The largest absolute Gasteiger partial charge is 0.378 e. The highest BCUT2D eigenvalue weighted by Crippen LogP contribution is 2.37. The lowest BCUT2D eigenvalue weighted by molar-refractivity contribution is -0.0714. The maximum Gasteiger partial charge on any atom is 0.108 e. The van der Waals surface area contributed by atoms with Crippen LogP contribution < -0.4 is 5.32 Å². The second kappa shape index (κ2) is 5.40. The van der Waals surface area contributed by atoms with E-state index in [4.69, 9.17) is 4.74 Å². The highest BCUT2D eigenvalue weighted by molar-refractivity contribution is 5.14. The summed E-state index contributed by atoms with van der Waals surface area (Å²) in [6, 6.07) is 3.40. The second-order valence-electron chi connectivity index (χ2n) is 6.95. The van der Waals surface area contributed by atoms with E-state index in [-0.39, 0.29) is 11.1 Å². The molecule has 108 valence electrons. The van der Waals surface area contributed by atoms with Gasteiger partial charge >= 0.3 is 0 Å². The smallest absolute Gasteiger partial charge is 0.108 e. The third-order valence-corrected chi connectivity index (χ3v) is 4.42. The molecule has 1 aliphatic heterocycles. The Morgan fingerprint density at radius 2 is 2.16 bits per heavy atom. The van der Waals surface area contributed by atoms with Gasteiger partial charge in [-0.05, 0) is 47.0 Å². The molecule has 4 nitrogen and oxygen atoms in total. The zero-order chi connectivity index (χ0) is 14.1. The number of nitriles is 1. The minimum absolute atomic E-state index is 0.0896. The summed E-state index contributed by atoms with van der Waals surface area (Å²) in [4.78, 5) is 2.55. The van der Waals surface area contributed by atoms with Crippen LogP contribution in [-0.2, 0) is 4.74 Å². The van der Waals surface area contributed by atoms with E-state index in [1.54, 1.807) is 0 Å². The first kappa shape index (κ1) is 14.8. The van der Waals surface area contributed by atoms with Crippen molar-refractivity contribution in [3.8, 4) is 6.07 Å².